The standard InChI is InChI=1S/C21H21N/c1-17(18-9-3-2-4-10-18)22-16-8-14-20-13-7-12-19-11-5-6-15-21(19)20/h2-15,17,22H,16H2,1H3/b14-8+/t17-/m1/s1. The van der Waals surface area contributed by atoms with Crippen LogP contribution in [-0.2, 0) is 0 Å². The van der Waals surface area contributed by atoms with E-state index >= 15 is 0 Å². The summed E-state index contributed by atoms with van der Waals surface area (Å²) in [5.74, 6) is 0. The van der Waals surface area contributed by atoms with Crippen LogP contribution in [0.25, 0.3) is 16.8 Å². The SMILES string of the molecule is C[C@@H](NC/C=C/c1cccc2ccccc12)c1ccccc1. The van der Waals surface area contributed by atoms with E-state index in [1.807, 2.05) is 0 Å². The minimum absolute atomic E-state index is 0.360. The van der Waals surface area contributed by atoms with Gasteiger partial charge in [-0.1, -0.05) is 84.9 Å². The Bertz CT molecular complexity index is 754. The van der Waals surface area contributed by atoms with Crippen LogP contribution in [0.1, 0.15) is 24.1 Å². The molecule has 1 heteroatoms. The largest absolute Gasteiger partial charge is 0.307 e. The second-order valence-corrected chi connectivity index (χ2v) is 5.51. The van der Waals surface area contributed by atoms with Crippen molar-refractivity contribution < 1.29 is 0 Å². The molecule has 0 aliphatic carbocycles. The van der Waals surface area contributed by atoms with Gasteiger partial charge in [0.25, 0.3) is 0 Å². The summed E-state index contributed by atoms with van der Waals surface area (Å²) in [5.41, 5.74) is 2.59. The van der Waals surface area contributed by atoms with Gasteiger partial charge >= 0.3 is 0 Å². The molecule has 0 aliphatic heterocycles. The Labute approximate surface area is 132 Å². The molecule has 1 N–H and O–H groups in total. The van der Waals surface area contributed by atoms with E-state index in [1.165, 1.54) is 21.9 Å². The molecule has 0 aliphatic rings. The lowest BCUT2D eigenvalue weighted by Crippen LogP contribution is -2.18. The van der Waals surface area contributed by atoms with Gasteiger partial charge in [-0.15, -0.1) is 0 Å². The molecular formula is C21H21N. The van der Waals surface area contributed by atoms with Crippen molar-refractivity contribution in [1.29, 1.82) is 0 Å². The van der Waals surface area contributed by atoms with Gasteiger partial charge < -0.3 is 5.32 Å². The van der Waals surface area contributed by atoms with Crippen LogP contribution in [0.4, 0.5) is 0 Å². The number of benzene rings is 3. The molecule has 0 bridgehead atoms. The molecule has 0 fully saturated rings. The second kappa shape index (κ2) is 7.06. The quantitative estimate of drug-likeness (QED) is 0.679. The van der Waals surface area contributed by atoms with Crippen molar-refractivity contribution >= 4 is 16.8 Å². The number of rotatable bonds is 5. The fraction of sp³-hybridized carbons (Fsp3) is 0.143. The molecule has 0 saturated heterocycles. The fourth-order valence-electron chi connectivity index (χ4n) is 2.69. The minimum Gasteiger partial charge on any atom is -0.307 e. The Morgan fingerprint density at radius 2 is 1.59 bits per heavy atom. The fourth-order valence-corrected chi connectivity index (χ4v) is 2.69. The van der Waals surface area contributed by atoms with Gasteiger partial charge in [-0.2, -0.15) is 0 Å². The number of fused-ring (bicyclic) bond motifs is 1. The Balaban J connectivity index is 1.65. The molecular weight excluding hydrogens is 266 g/mol. The Morgan fingerprint density at radius 1 is 0.864 bits per heavy atom. The van der Waals surface area contributed by atoms with Crippen molar-refractivity contribution in [1.82, 2.24) is 5.32 Å². The minimum atomic E-state index is 0.360. The molecule has 0 aromatic heterocycles. The lowest BCUT2D eigenvalue weighted by molar-refractivity contribution is 0.618. The van der Waals surface area contributed by atoms with E-state index < -0.39 is 0 Å². The van der Waals surface area contributed by atoms with Crippen LogP contribution >= 0.6 is 0 Å². The van der Waals surface area contributed by atoms with Gasteiger partial charge in [0.15, 0.2) is 0 Å². The predicted molar refractivity (Wildman–Crippen MR) is 95.8 cm³/mol. The first kappa shape index (κ1) is 14.6. The zero-order chi connectivity index (χ0) is 15.2. The summed E-state index contributed by atoms with van der Waals surface area (Å²) in [5, 5.41) is 6.12. The summed E-state index contributed by atoms with van der Waals surface area (Å²) in [6.07, 6.45) is 4.40. The Morgan fingerprint density at radius 3 is 2.45 bits per heavy atom. The zero-order valence-corrected chi connectivity index (χ0v) is 12.9. The average molecular weight is 287 g/mol. The summed E-state index contributed by atoms with van der Waals surface area (Å²) in [6, 6.07) is 25.8. The van der Waals surface area contributed by atoms with Crippen LogP contribution in [0.15, 0.2) is 78.9 Å². The molecule has 22 heavy (non-hydrogen) atoms. The summed E-state index contributed by atoms with van der Waals surface area (Å²) in [4.78, 5) is 0. The van der Waals surface area contributed by atoms with Gasteiger partial charge in [0.05, 0.1) is 0 Å². The third-order valence-electron chi connectivity index (χ3n) is 3.96. The summed E-state index contributed by atoms with van der Waals surface area (Å²) in [7, 11) is 0. The molecule has 3 rings (SSSR count). The molecule has 3 aromatic carbocycles. The van der Waals surface area contributed by atoms with Crippen LogP contribution < -0.4 is 5.32 Å². The molecule has 0 unspecified atom stereocenters. The highest BCUT2D eigenvalue weighted by molar-refractivity contribution is 5.90. The van der Waals surface area contributed by atoms with E-state index in [-0.39, 0.29) is 0 Å². The summed E-state index contributed by atoms with van der Waals surface area (Å²) in [6.45, 7) is 3.06. The number of nitrogens with one attached hydrogen (secondary N) is 1. The van der Waals surface area contributed by atoms with Crippen molar-refractivity contribution in [2.45, 2.75) is 13.0 Å². The molecule has 0 heterocycles. The van der Waals surface area contributed by atoms with E-state index in [0.29, 0.717) is 6.04 Å². The van der Waals surface area contributed by atoms with Crippen LogP contribution in [0.3, 0.4) is 0 Å². The maximum atomic E-state index is 3.53. The van der Waals surface area contributed by atoms with Crippen molar-refractivity contribution in [2.24, 2.45) is 0 Å². The van der Waals surface area contributed by atoms with E-state index in [0.717, 1.165) is 6.54 Å². The molecule has 1 atom stereocenters. The first-order valence-electron chi connectivity index (χ1n) is 7.77. The van der Waals surface area contributed by atoms with Gasteiger partial charge in [-0.3, -0.25) is 0 Å². The lowest BCUT2D eigenvalue weighted by atomic mass is 10.0. The molecule has 0 saturated carbocycles. The van der Waals surface area contributed by atoms with E-state index in [1.54, 1.807) is 0 Å². The van der Waals surface area contributed by atoms with Crippen molar-refractivity contribution in [2.75, 3.05) is 6.54 Å². The molecule has 0 amide bonds. The molecule has 110 valence electrons. The van der Waals surface area contributed by atoms with Crippen molar-refractivity contribution in [3.63, 3.8) is 0 Å². The Hall–Kier alpha value is -2.38. The summed E-state index contributed by atoms with van der Waals surface area (Å²) >= 11 is 0. The second-order valence-electron chi connectivity index (χ2n) is 5.51. The van der Waals surface area contributed by atoms with E-state index in [4.69, 9.17) is 0 Å². The van der Waals surface area contributed by atoms with Gasteiger partial charge in [0, 0.05) is 12.6 Å². The van der Waals surface area contributed by atoms with Crippen LogP contribution in [0.5, 0.6) is 0 Å². The smallest absolute Gasteiger partial charge is 0.0294 e. The summed E-state index contributed by atoms with van der Waals surface area (Å²) < 4.78 is 0. The molecule has 0 spiro atoms. The zero-order valence-electron chi connectivity index (χ0n) is 12.9. The molecule has 3 aromatic rings. The van der Waals surface area contributed by atoms with Crippen LogP contribution in [0.2, 0.25) is 0 Å². The maximum absolute atomic E-state index is 3.53. The molecule has 1 nitrogen and oxygen atoms in total. The highest BCUT2D eigenvalue weighted by atomic mass is 14.9. The highest BCUT2D eigenvalue weighted by Crippen LogP contribution is 2.19. The number of hydrogen-bond donors (Lipinski definition) is 1. The predicted octanol–water partition coefficient (Wildman–Crippen LogP) is 5.20. The van der Waals surface area contributed by atoms with Gasteiger partial charge in [0.2, 0.25) is 0 Å². The average Bonchev–Trinajstić information content (AvgIpc) is 2.59. The normalized spacial score (nSPS) is 12.8. The van der Waals surface area contributed by atoms with Gasteiger partial charge in [0.1, 0.15) is 0 Å². The molecule has 0 radical (unpaired) electrons. The van der Waals surface area contributed by atoms with Crippen molar-refractivity contribution in [3.05, 3.63) is 90.0 Å². The maximum Gasteiger partial charge on any atom is 0.0294 e. The van der Waals surface area contributed by atoms with Gasteiger partial charge in [-0.25, -0.2) is 0 Å². The van der Waals surface area contributed by atoms with Gasteiger partial charge in [-0.05, 0) is 28.8 Å². The topological polar surface area (TPSA) is 12.0 Å². The monoisotopic (exact) mass is 287 g/mol. The third-order valence-corrected chi connectivity index (χ3v) is 3.96. The Kier molecular flexibility index (Phi) is 4.67. The van der Waals surface area contributed by atoms with Crippen molar-refractivity contribution in [3.8, 4) is 0 Å². The highest BCUT2D eigenvalue weighted by Gasteiger charge is 2.01. The number of hydrogen-bond acceptors (Lipinski definition) is 1. The lowest BCUT2D eigenvalue weighted by Gasteiger charge is -2.12. The first-order valence-corrected chi connectivity index (χ1v) is 7.77. The third kappa shape index (κ3) is 3.44. The van der Waals surface area contributed by atoms with E-state index in [2.05, 4.69) is 97.2 Å². The first-order chi connectivity index (χ1) is 10.8. The van der Waals surface area contributed by atoms with Crippen LogP contribution in [-0.4, -0.2) is 6.54 Å². The van der Waals surface area contributed by atoms with Crippen LogP contribution in [0, 0.1) is 0 Å². The van der Waals surface area contributed by atoms with E-state index in [9.17, 15) is 0 Å².